The standard InChI is InChI=1S/C22H28N2O5S/c1-15-9-19(25)10-16(2)24(15)12-20(23-29-14-30(4)26)18-7-8-21(27-3)22(11-18)28-13-17-5-6-17/h7-11,17H,5-6,12-14H2,1-4H3/b23-20+. The first-order valence-corrected chi connectivity index (χ1v) is 11.6. The van der Waals surface area contributed by atoms with Gasteiger partial charge in [0.1, 0.15) is 5.71 Å². The lowest BCUT2D eigenvalue weighted by Crippen LogP contribution is -2.19. The van der Waals surface area contributed by atoms with Crippen LogP contribution in [0.25, 0.3) is 0 Å². The van der Waals surface area contributed by atoms with Gasteiger partial charge in [-0.15, -0.1) is 0 Å². The quantitative estimate of drug-likeness (QED) is 0.426. The molecule has 0 aliphatic heterocycles. The summed E-state index contributed by atoms with van der Waals surface area (Å²) in [7, 11) is 0.482. The van der Waals surface area contributed by atoms with Crippen LogP contribution in [0.15, 0.2) is 40.3 Å². The molecule has 0 bridgehead atoms. The molecule has 1 aliphatic rings. The van der Waals surface area contributed by atoms with Crippen molar-refractivity contribution in [2.75, 3.05) is 25.9 Å². The van der Waals surface area contributed by atoms with Crippen molar-refractivity contribution < 1.29 is 18.5 Å². The zero-order chi connectivity index (χ0) is 21.7. The molecule has 0 amide bonds. The Balaban J connectivity index is 1.94. The van der Waals surface area contributed by atoms with E-state index in [4.69, 9.17) is 14.3 Å². The molecule has 1 unspecified atom stereocenters. The lowest BCUT2D eigenvalue weighted by molar-refractivity contribution is 0.193. The highest BCUT2D eigenvalue weighted by Gasteiger charge is 2.23. The minimum absolute atomic E-state index is 0.00677. The Kier molecular flexibility index (Phi) is 7.31. The van der Waals surface area contributed by atoms with Gasteiger partial charge in [0, 0.05) is 35.3 Å². The molecule has 0 N–H and O–H groups in total. The summed E-state index contributed by atoms with van der Waals surface area (Å²) in [5.74, 6) is 1.93. The van der Waals surface area contributed by atoms with Crippen LogP contribution in [0.3, 0.4) is 0 Å². The average molecular weight is 433 g/mol. The monoisotopic (exact) mass is 432 g/mol. The minimum atomic E-state index is -1.13. The predicted molar refractivity (Wildman–Crippen MR) is 118 cm³/mol. The lowest BCUT2D eigenvalue weighted by atomic mass is 10.1. The second kappa shape index (κ2) is 9.93. The van der Waals surface area contributed by atoms with E-state index in [1.807, 2.05) is 36.6 Å². The van der Waals surface area contributed by atoms with Gasteiger partial charge in [-0.2, -0.15) is 0 Å². The van der Waals surface area contributed by atoms with E-state index in [9.17, 15) is 9.00 Å². The van der Waals surface area contributed by atoms with E-state index in [-0.39, 0.29) is 11.4 Å². The fourth-order valence-electron chi connectivity index (χ4n) is 3.10. The largest absolute Gasteiger partial charge is 0.493 e. The van der Waals surface area contributed by atoms with Crippen LogP contribution in [0.1, 0.15) is 29.8 Å². The van der Waals surface area contributed by atoms with Crippen molar-refractivity contribution in [2.45, 2.75) is 33.2 Å². The van der Waals surface area contributed by atoms with Crippen LogP contribution in [0.2, 0.25) is 0 Å². The summed E-state index contributed by atoms with van der Waals surface area (Å²) in [6, 6.07) is 8.80. The van der Waals surface area contributed by atoms with Crippen LogP contribution in [-0.2, 0) is 22.2 Å². The van der Waals surface area contributed by atoms with Crippen LogP contribution >= 0.6 is 0 Å². The number of aryl methyl sites for hydroxylation is 2. The van der Waals surface area contributed by atoms with Crippen molar-refractivity contribution in [3.05, 3.63) is 57.5 Å². The van der Waals surface area contributed by atoms with Crippen molar-refractivity contribution >= 4 is 16.5 Å². The molecular weight excluding hydrogens is 404 g/mol. The van der Waals surface area contributed by atoms with Gasteiger partial charge < -0.3 is 18.9 Å². The van der Waals surface area contributed by atoms with E-state index < -0.39 is 10.8 Å². The van der Waals surface area contributed by atoms with Gasteiger partial charge in [0.25, 0.3) is 0 Å². The normalized spacial score (nSPS) is 15.0. The lowest BCUT2D eigenvalue weighted by Gasteiger charge is -2.17. The van der Waals surface area contributed by atoms with Gasteiger partial charge in [0.2, 0.25) is 0 Å². The molecule has 1 fully saturated rings. The number of hydrogen-bond acceptors (Lipinski definition) is 6. The van der Waals surface area contributed by atoms with E-state index in [2.05, 4.69) is 5.16 Å². The van der Waals surface area contributed by atoms with E-state index in [0.29, 0.717) is 36.3 Å². The average Bonchev–Trinajstić information content (AvgIpc) is 3.51. The number of ether oxygens (including phenoxy) is 2. The second-order valence-corrected chi connectivity index (χ2v) is 8.92. The van der Waals surface area contributed by atoms with E-state index in [1.54, 1.807) is 25.5 Å². The number of pyridine rings is 1. The highest BCUT2D eigenvalue weighted by Crippen LogP contribution is 2.33. The molecule has 1 saturated carbocycles. The van der Waals surface area contributed by atoms with Crippen LogP contribution < -0.4 is 14.9 Å². The molecule has 162 valence electrons. The van der Waals surface area contributed by atoms with Crippen molar-refractivity contribution in [2.24, 2.45) is 11.1 Å². The summed E-state index contributed by atoms with van der Waals surface area (Å²) in [5.41, 5.74) is 3.06. The Morgan fingerprint density at radius 2 is 1.87 bits per heavy atom. The Bertz CT molecular complexity index is 985. The number of benzene rings is 1. The molecule has 2 aromatic rings. The fourth-order valence-corrected chi connectivity index (χ4v) is 3.30. The number of oxime groups is 1. The van der Waals surface area contributed by atoms with Crippen LogP contribution in [0.4, 0.5) is 0 Å². The van der Waals surface area contributed by atoms with Crippen molar-refractivity contribution in [1.82, 2.24) is 4.57 Å². The van der Waals surface area contributed by atoms with E-state index in [1.165, 1.54) is 12.8 Å². The predicted octanol–water partition coefficient (Wildman–Crippen LogP) is 3.02. The Morgan fingerprint density at radius 1 is 1.17 bits per heavy atom. The molecule has 8 heteroatoms. The smallest absolute Gasteiger partial charge is 0.191 e. The summed E-state index contributed by atoms with van der Waals surface area (Å²) in [6.07, 6.45) is 3.95. The minimum Gasteiger partial charge on any atom is -0.493 e. The molecular formula is C22H28N2O5S. The molecule has 0 spiro atoms. The third kappa shape index (κ3) is 5.95. The molecule has 1 heterocycles. The number of aromatic nitrogens is 1. The topological polar surface area (TPSA) is 79.1 Å². The SMILES string of the molecule is COc1ccc(/C(Cn2c(C)cc(=O)cc2C)=N/OCS(C)=O)cc1OCC1CC1. The van der Waals surface area contributed by atoms with Gasteiger partial charge in [-0.25, -0.2) is 0 Å². The Hall–Kier alpha value is -2.61. The molecule has 0 saturated heterocycles. The van der Waals surface area contributed by atoms with Gasteiger partial charge in [-0.05, 0) is 50.8 Å². The first-order chi connectivity index (χ1) is 14.4. The Labute approximate surface area is 179 Å². The molecule has 30 heavy (non-hydrogen) atoms. The third-order valence-electron chi connectivity index (χ3n) is 4.92. The van der Waals surface area contributed by atoms with Crippen molar-refractivity contribution in [3.8, 4) is 11.5 Å². The number of nitrogens with zero attached hydrogens (tertiary/aromatic N) is 2. The highest BCUT2D eigenvalue weighted by atomic mass is 32.2. The molecule has 3 rings (SSSR count). The highest BCUT2D eigenvalue weighted by molar-refractivity contribution is 7.84. The summed E-state index contributed by atoms with van der Waals surface area (Å²) in [4.78, 5) is 17.1. The van der Waals surface area contributed by atoms with Gasteiger partial charge in [0.15, 0.2) is 22.9 Å². The summed E-state index contributed by atoms with van der Waals surface area (Å²) >= 11 is 0. The first-order valence-electron chi connectivity index (χ1n) is 9.85. The van der Waals surface area contributed by atoms with Gasteiger partial charge in [-0.1, -0.05) is 5.16 Å². The number of methoxy groups -OCH3 is 1. The summed E-state index contributed by atoms with van der Waals surface area (Å²) in [6.45, 7) is 4.82. The summed E-state index contributed by atoms with van der Waals surface area (Å²) < 4.78 is 24.8. The van der Waals surface area contributed by atoms with E-state index in [0.717, 1.165) is 17.0 Å². The van der Waals surface area contributed by atoms with Gasteiger partial charge in [-0.3, -0.25) is 9.00 Å². The van der Waals surface area contributed by atoms with Crippen LogP contribution in [-0.4, -0.2) is 40.4 Å². The first kappa shape index (κ1) is 22.1. The summed E-state index contributed by atoms with van der Waals surface area (Å²) in [5, 5.41) is 4.27. The Morgan fingerprint density at radius 3 is 2.47 bits per heavy atom. The number of hydrogen-bond donors (Lipinski definition) is 0. The van der Waals surface area contributed by atoms with Crippen LogP contribution in [0, 0.1) is 19.8 Å². The van der Waals surface area contributed by atoms with Crippen LogP contribution in [0.5, 0.6) is 11.5 Å². The fraction of sp³-hybridized carbons (Fsp3) is 0.455. The maximum Gasteiger partial charge on any atom is 0.191 e. The molecule has 1 aromatic heterocycles. The van der Waals surface area contributed by atoms with E-state index >= 15 is 0 Å². The zero-order valence-electron chi connectivity index (χ0n) is 17.8. The molecule has 1 aromatic carbocycles. The molecule has 7 nitrogen and oxygen atoms in total. The third-order valence-corrected chi connectivity index (χ3v) is 5.36. The molecule has 1 aliphatic carbocycles. The van der Waals surface area contributed by atoms with Gasteiger partial charge >= 0.3 is 0 Å². The van der Waals surface area contributed by atoms with Crippen molar-refractivity contribution in [1.29, 1.82) is 0 Å². The molecule has 0 radical (unpaired) electrons. The second-order valence-electron chi connectivity index (χ2n) is 7.54. The molecule has 1 atom stereocenters. The zero-order valence-corrected chi connectivity index (χ0v) is 18.7. The van der Waals surface area contributed by atoms with Gasteiger partial charge in [0.05, 0.1) is 31.1 Å². The maximum absolute atomic E-state index is 11.8. The maximum atomic E-state index is 11.8. The van der Waals surface area contributed by atoms with Crippen molar-refractivity contribution in [3.63, 3.8) is 0 Å². The number of rotatable bonds is 10.